The van der Waals surface area contributed by atoms with E-state index in [1.807, 2.05) is 0 Å². The Balaban J connectivity index is 1.85. The van der Waals surface area contributed by atoms with E-state index in [2.05, 4.69) is 15.0 Å². The van der Waals surface area contributed by atoms with Crippen LogP contribution in [0.25, 0.3) is 11.2 Å². The van der Waals surface area contributed by atoms with Crippen molar-refractivity contribution in [1.29, 1.82) is 0 Å². The number of carbonyl (C=O) groups is 2. The third-order valence-corrected chi connectivity index (χ3v) is 4.39. The molecule has 1 fully saturated rings. The zero-order valence-electron chi connectivity index (χ0n) is 13.9. The van der Waals surface area contributed by atoms with Crippen LogP contribution in [0.4, 0.5) is 5.95 Å². The number of H-pyrrole nitrogens is 1. The molecule has 134 valence electrons. The second-order valence-electron chi connectivity index (χ2n) is 6.34. The summed E-state index contributed by atoms with van der Waals surface area (Å²) in [5, 5.41) is 0. The summed E-state index contributed by atoms with van der Waals surface area (Å²) >= 11 is 0. The lowest BCUT2D eigenvalue weighted by Crippen LogP contribution is -2.24. The van der Waals surface area contributed by atoms with Crippen molar-refractivity contribution in [3.8, 4) is 0 Å². The molecule has 10 nitrogen and oxygen atoms in total. The largest absolute Gasteiger partial charge is 0.466 e. The molecule has 1 saturated carbocycles. The average molecular weight is 349 g/mol. The van der Waals surface area contributed by atoms with Gasteiger partial charge in [-0.15, -0.1) is 0 Å². The number of aromatic amines is 1. The van der Waals surface area contributed by atoms with Crippen molar-refractivity contribution in [3.05, 3.63) is 16.7 Å². The van der Waals surface area contributed by atoms with Crippen LogP contribution in [-0.2, 0) is 25.6 Å². The summed E-state index contributed by atoms with van der Waals surface area (Å²) in [4.78, 5) is 44.7. The molecule has 3 N–H and O–H groups in total. The van der Waals surface area contributed by atoms with Crippen LogP contribution in [0.5, 0.6) is 0 Å². The standard InChI is InChI=1S/C15H19N5O5/c1-8(21)24-4-10-3-15(10,6-25-9(2)22)5-20-7-17-11-12(20)18-14(16)19-13(11)23/h7,10H,3-6H2,1-2H3,(H3,16,18,19,23). The van der Waals surface area contributed by atoms with Gasteiger partial charge >= 0.3 is 11.9 Å². The number of nitrogens with two attached hydrogens (primary N) is 1. The Labute approximate surface area is 142 Å². The van der Waals surface area contributed by atoms with Crippen molar-refractivity contribution in [2.24, 2.45) is 11.3 Å². The minimum absolute atomic E-state index is 0.000505. The quantitative estimate of drug-likeness (QED) is 0.685. The number of ether oxygens (including phenoxy) is 2. The number of nitrogen functional groups attached to an aromatic ring is 1. The number of aromatic nitrogens is 4. The monoisotopic (exact) mass is 349 g/mol. The summed E-state index contributed by atoms with van der Waals surface area (Å²) < 4.78 is 12.0. The molecule has 2 unspecified atom stereocenters. The smallest absolute Gasteiger partial charge is 0.302 e. The molecule has 1 aliphatic rings. The summed E-state index contributed by atoms with van der Waals surface area (Å²) in [6.45, 7) is 3.54. The summed E-state index contributed by atoms with van der Waals surface area (Å²) in [5.41, 5.74) is 5.35. The molecule has 0 aromatic carbocycles. The predicted octanol–water partition coefficient (Wildman–Crippen LogP) is -0.166. The van der Waals surface area contributed by atoms with Gasteiger partial charge in [0.1, 0.15) is 0 Å². The number of carbonyl (C=O) groups excluding carboxylic acids is 2. The lowest BCUT2D eigenvalue weighted by Gasteiger charge is -2.18. The maximum absolute atomic E-state index is 11.9. The van der Waals surface area contributed by atoms with Crippen molar-refractivity contribution in [3.63, 3.8) is 0 Å². The van der Waals surface area contributed by atoms with Crippen molar-refractivity contribution >= 4 is 29.1 Å². The van der Waals surface area contributed by atoms with E-state index in [4.69, 9.17) is 15.2 Å². The van der Waals surface area contributed by atoms with Gasteiger partial charge < -0.3 is 19.8 Å². The third-order valence-electron chi connectivity index (χ3n) is 4.39. The summed E-state index contributed by atoms with van der Waals surface area (Å²) in [6.07, 6.45) is 2.22. The highest BCUT2D eigenvalue weighted by molar-refractivity contribution is 5.70. The molecule has 2 aromatic heterocycles. The summed E-state index contributed by atoms with van der Waals surface area (Å²) in [6, 6.07) is 0. The van der Waals surface area contributed by atoms with Crippen LogP contribution in [0, 0.1) is 11.3 Å². The third kappa shape index (κ3) is 3.47. The second kappa shape index (κ2) is 6.19. The number of rotatable bonds is 6. The lowest BCUT2D eigenvalue weighted by atomic mass is 10.1. The van der Waals surface area contributed by atoms with Gasteiger partial charge in [0.05, 0.1) is 19.5 Å². The van der Waals surface area contributed by atoms with E-state index >= 15 is 0 Å². The Morgan fingerprint density at radius 3 is 2.80 bits per heavy atom. The number of nitrogens with one attached hydrogen (secondary N) is 1. The Morgan fingerprint density at radius 2 is 2.12 bits per heavy atom. The van der Waals surface area contributed by atoms with E-state index in [-0.39, 0.29) is 42.5 Å². The van der Waals surface area contributed by atoms with Gasteiger partial charge in [-0.2, -0.15) is 4.98 Å². The molecule has 2 heterocycles. The number of esters is 2. The molecule has 10 heteroatoms. The minimum atomic E-state index is -0.414. The maximum atomic E-state index is 11.9. The van der Waals surface area contributed by atoms with Crippen molar-refractivity contribution in [1.82, 2.24) is 19.5 Å². The Morgan fingerprint density at radius 1 is 1.40 bits per heavy atom. The van der Waals surface area contributed by atoms with Gasteiger partial charge in [-0.1, -0.05) is 0 Å². The second-order valence-corrected chi connectivity index (χ2v) is 6.34. The van der Waals surface area contributed by atoms with E-state index in [1.54, 1.807) is 4.57 Å². The fourth-order valence-electron chi connectivity index (χ4n) is 2.97. The number of hydrogen-bond donors (Lipinski definition) is 2. The van der Waals surface area contributed by atoms with Crippen LogP contribution in [0.1, 0.15) is 20.3 Å². The van der Waals surface area contributed by atoms with Gasteiger partial charge in [-0.3, -0.25) is 19.4 Å². The molecule has 0 bridgehead atoms. The number of fused-ring (bicyclic) bond motifs is 1. The first-order valence-corrected chi connectivity index (χ1v) is 7.78. The van der Waals surface area contributed by atoms with Crippen LogP contribution < -0.4 is 11.3 Å². The molecule has 0 amide bonds. The minimum Gasteiger partial charge on any atom is -0.466 e. The van der Waals surface area contributed by atoms with E-state index in [9.17, 15) is 14.4 Å². The normalized spacial score (nSPS) is 21.9. The van der Waals surface area contributed by atoms with Gasteiger partial charge in [-0.05, 0) is 6.42 Å². The summed E-state index contributed by atoms with van der Waals surface area (Å²) in [5.74, 6) is -0.692. The molecule has 2 atom stereocenters. The number of anilines is 1. The number of nitrogens with zero attached hydrogens (tertiary/aromatic N) is 3. The first kappa shape index (κ1) is 16.9. The molecule has 0 radical (unpaired) electrons. The molecule has 0 spiro atoms. The fraction of sp³-hybridized carbons (Fsp3) is 0.533. The molecular weight excluding hydrogens is 330 g/mol. The zero-order chi connectivity index (χ0) is 18.2. The van der Waals surface area contributed by atoms with Gasteiger partial charge in [0.2, 0.25) is 5.95 Å². The van der Waals surface area contributed by atoms with Gasteiger partial charge in [0.25, 0.3) is 5.56 Å². The number of hydrogen-bond acceptors (Lipinski definition) is 8. The molecule has 3 rings (SSSR count). The predicted molar refractivity (Wildman–Crippen MR) is 86.4 cm³/mol. The fourth-order valence-corrected chi connectivity index (χ4v) is 2.97. The van der Waals surface area contributed by atoms with E-state index in [1.165, 1.54) is 20.2 Å². The maximum Gasteiger partial charge on any atom is 0.302 e. The molecule has 1 aliphatic carbocycles. The van der Waals surface area contributed by atoms with Crippen molar-refractivity contribution < 1.29 is 19.1 Å². The molecule has 0 saturated heterocycles. The SMILES string of the molecule is CC(=O)OCC1CC1(COC(C)=O)Cn1cnc2c(=O)[nH]c(N)nc21. The van der Waals surface area contributed by atoms with Crippen LogP contribution in [-0.4, -0.2) is 44.7 Å². The molecule has 25 heavy (non-hydrogen) atoms. The molecule has 0 aliphatic heterocycles. The lowest BCUT2D eigenvalue weighted by molar-refractivity contribution is -0.145. The van der Waals surface area contributed by atoms with Crippen molar-refractivity contribution in [2.75, 3.05) is 18.9 Å². The molecule has 2 aromatic rings. The van der Waals surface area contributed by atoms with Crippen LogP contribution in [0.2, 0.25) is 0 Å². The van der Waals surface area contributed by atoms with E-state index in [0.29, 0.717) is 18.6 Å². The van der Waals surface area contributed by atoms with Crippen LogP contribution in [0.15, 0.2) is 11.1 Å². The zero-order valence-corrected chi connectivity index (χ0v) is 13.9. The van der Waals surface area contributed by atoms with E-state index in [0.717, 1.165) is 0 Å². The first-order chi connectivity index (χ1) is 11.8. The number of imidazole rings is 1. The average Bonchev–Trinajstić information content (AvgIpc) is 3.06. The van der Waals surface area contributed by atoms with Gasteiger partial charge in [0.15, 0.2) is 11.2 Å². The highest BCUT2D eigenvalue weighted by Gasteiger charge is 2.56. The van der Waals surface area contributed by atoms with Crippen molar-refractivity contribution in [2.45, 2.75) is 26.8 Å². The summed E-state index contributed by atoms with van der Waals surface area (Å²) in [7, 11) is 0. The Kier molecular flexibility index (Phi) is 4.19. The van der Waals surface area contributed by atoms with Gasteiger partial charge in [0, 0.05) is 31.7 Å². The van der Waals surface area contributed by atoms with E-state index < -0.39 is 11.0 Å². The van der Waals surface area contributed by atoms with Gasteiger partial charge in [-0.25, -0.2) is 4.98 Å². The molecular formula is C15H19N5O5. The first-order valence-electron chi connectivity index (χ1n) is 7.78. The van der Waals surface area contributed by atoms with Crippen LogP contribution >= 0.6 is 0 Å². The topological polar surface area (TPSA) is 142 Å². The highest BCUT2D eigenvalue weighted by atomic mass is 16.5. The Hall–Kier alpha value is -2.91. The van der Waals surface area contributed by atoms with Crippen LogP contribution in [0.3, 0.4) is 0 Å². The Bertz CT molecular complexity index is 888. The highest BCUT2D eigenvalue weighted by Crippen LogP contribution is 2.54.